The molecule has 1 aromatic heterocycles. The molecular formula is C10H7BrCl2N4O2. The number of ether oxygens (including phenoxy) is 1. The van der Waals surface area contributed by atoms with Crippen molar-refractivity contribution in [2.45, 2.75) is 0 Å². The second kappa shape index (κ2) is 5.28. The minimum atomic E-state index is -0.471. The molecular weight excluding hydrogens is 359 g/mol. The van der Waals surface area contributed by atoms with E-state index in [2.05, 4.69) is 20.9 Å². The third-order valence-electron chi connectivity index (χ3n) is 2.15. The first-order valence-electron chi connectivity index (χ1n) is 4.85. The Morgan fingerprint density at radius 3 is 2.74 bits per heavy atom. The molecule has 0 spiro atoms. The van der Waals surface area contributed by atoms with E-state index in [9.17, 15) is 5.21 Å². The van der Waals surface area contributed by atoms with Crippen molar-refractivity contribution in [2.75, 3.05) is 5.73 Å². The Bertz CT molecular complexity index is 705. The van der Waals surface area contributed by atoms with Crippen LogP contribution in [0.25, 0.3) is 0 Å². The zero-order chi connectivity index (χ0) is 14.2. The Morgan fingerprint density at radius 1 is 1.42 bits per heavy atom. The van der Waals surface area contributed by atoms with Crippen molar-refractivity contribution in [2.24, 2.45) is 0 Å². The molecule has 19 heavy (non-hydrogen) atoms. The highest BCUT2D eigenvalue weighted by Crippen LogP contribution is 2.34. The number of nitrogens with two attached hydrogens (primary N) is 1. The van der Waals surface area contributed by atoms with Crippen LogP contribution in [0.1, 0.15) is 0 Å². The van der Waals surface area contributed by atoms with Gasteiger partial charge in [-0.05, 0) is 34.1 Å². The molecule has 9 heteroatoms. The first-order valence-corrected chi connectivity index (χ1v) is 6.40. The highest BCUT2D eigenvalue weighted by molar-refractivity contribution is 9.10. The normalized spacial score (nSPS) is 10.5. The molecule has 6 nitrogen and oxygen atoms in total. The second-order valence-corrected chi connectivity index (χ2v) is 5.07. The van der Waals surface area contributed by atoms with Crippen LogP contribution in [-0.2, 0) is 0 Å². The van der Waals surface area contributed by atoms with Gasteiger partial charge in [0.25, 0.3) is 5.62 Å². The summed E-state index contributed by atoms with van der Waals surface area (Å²) in [5.41, 5.74) is 5.10. The summed E-state index contributed by atoms with van der Waals surface area (Å²) in [5.74, 6) is 0.200. The van der Waals surface area contributed by atoms with E-state index >= 15 is 0 Å². The number of anilines is 1. The van der Waals surface area contributed by atoms with Crippen LogP contribution in [0, 0.1) is 5.41 Å². The van der Waals surface area contributed by atoms with Gasteiger partial charge in [-0.3, -0.25) is 5.41 Å². The van der Waals surface area contributed by atoms with Crippen molar-refractivity contribution in [1.82, 2.24) is 9.71 Å². The molecule has 0 amide bonds. The summed E-state index contributed by atoms with van der Waals surface area (Å²) in [6.45, 7) is 0. The number of nitrogens with one attached hydrogen (secondary N) is 1. The van der Waals surface area contributed by atoms with Gasteiger partial charge >= 0.3 is 0 Å². The molecule has 2 aromatic rings. The van der Waals surface area contributed by atoms with Crippen LogP contribution in [-0.4, -0.2) is 14.9 Å². The van der Waals surface area contributed by atoms with Gasteiger partial charge in [0.15, 0.2) is 5.82 Å². The number of hydrogen-bond acceptors (Lipinski definition) is 5. The van der Waals surface area contributed by atoms with Crippen LogP contribution >= 0.6 is 39.1 Å². The molecule has 2 rings (SSSR count). The molecule has 0 aliphatic carbocycles. The lowest BCUT2D eigenvalue weighted by molar-refractivity contribution is 0.169. The van der Waals surface area contributed by atoms with E-state index in [-0.39, 0.29) is 21.2 Å². The zero-order valence-corrected chi connectivity index (χ0v) is 12.3. The quantitative estimate of drug-likeness (QED) is 0.712. The zero-order valence-electron chi connectivity index (χ0n) is 9.19. The van der Waals surface area contributed by atoms with Crippen LogP contribution in [0.5, 0.6) is 11.6 Å². The lowest BCUT2D eigenvalue weighted by Gasteiger charge is -2.11. The number of halogens is 3. The van der Waals surface area contributed by atoms with Crippen molar-refractivity contribution in [3.63, 3.8) is 0 Å². The molecule has 1 aromatic carbocycles. The molecule has 0 saturated carbocycles. The highest BCUT2D eigenvalue weighted by Gasteiger charge is 2.14. The third-order valence-corrected chi connectivity index (χ3v) is 3.43. The van der Waals surface area contributed by atoms with Crippen LogP contribution in [0.3, 0.4) is 0 Å². The van der Waals surface area contributed by atoms with Gasteiger partial charge in [0, 0.05) is 5.02 Å². The van der Waals surface area contributed by atoms with Crippen molar-refractivity contribution in [1.29, 1.82) is 5.41 Å². The maximum absolute atomic E-state index is 9.38. The summed E-state index contributed by atoms with van der Waals surface area (Å²) in [5, 5.41) is 17.5. The van der Waals surface area contributed by atoms with Crippen LogP contribution < -0.4 is 16.1 Å². The van der Waals surface area contributed by atoms with Gasteiger partial charge in [0.2, 0.25) is 5.88 Å². The van der Waals surface area contributed by atoms with Gasteiger partial charge in [-0.1, -0.05) is 23.2 Å². The minimum absolute atomic E-state index is 0.0111. The SMILES string of the molecule is N=c1nc(Oc2ccc(Cl)cc2Cl)c(Br)c(N)n1O. The molecule has 4 N–H and O–H groups in total. The van der Waals surface area contributed by atoms with Gasteiger partial charge in [-0.2, -0.15) is 4.98 Å². The van der Waals surface area contributed by atoms with Crippen molar-refractivity contribution >= 4 is 44.9 Å². The fraction of sp³-hybridized carbons (Fsp3) is 0. The lowest BCUT2D eigenvalue weighted by Crippen LogP contribution is -2.24. The van der Waals surface area contributed by atoms with Crippen LogP contribution in [0.2, 0.25) is 10.0 Å². The summed E-state index contributed by atoms with van der Waals surface area (Å²) in [4.78, 5) is 3.73. The Balaban J connectivity index is 2.47. The fourth-order valence-electron chi connectivity index (χ4n) is 1.24. The van der Waals surface area contributed by atoms with Crippen LogP contribution in [0.15, 0.2) is 22.7 Å². The largest absolute Gasteiger partial charge is 0.436 e. The number of aromatic nitrogens is 2. The predicted molar refractivity (Wildman–Crippen MR) is 73.9 cm³/mol. The van der Waals surface area contributed by atoms with Crippen molar-refractivity contribution in [3.05, 3.63) is 38.3 Å². The average molecular weight is 366 g/mol. The Labute approximate surface area is 125 Å². The molecule has 0 aliphatic rings. The minimum Gasteiger partial charge on any atom is -0.436 e. The summed E-state index contributed by atoms with van der Waals surface area (Å²) in [6, 6.07) is 4.65. The fourth-order valence-corrected chi connectivity index (χ4v) is 2.02. The van der Waals surface area contributed by atoms with E-state index in [1.165, 1.54) is 6.07 Å². The number of rotatable bonds is 2. The van der Waals surface area contributed by atoms with Gasteiger partial charge in [0.05, 0.1) is 5.02 Å². The number of nitrogens with zero attached hydrogens (tertiary/aromatic N) is 2. The van der Waals surface area contributed by atoms with Crippen molar-refractivity contribution in [3.8, 4) is 11.6 Å². The maximum atomic E-state index is 9.38. The Kier molecular flexibility index (Phi) is 3.88. The smallest absolute Gasteiger partial charge is 0.260 e. The average Bonchev–Trinajstić information content (AvgIpc) is 2.36. The Hall–Kier alpha value is -1.44. The molecule has 0 unspecified atom stereocenters. The van der Waals surface area contributed by atoms with E-state index in [0.717, 1.165) is 0 Å². The van der Waals surface area contributed by atoms with Gasteiger partial charge in [-0.15, -0.1) is 4.73 Å². The van der Waals surface area contributed by atoms with E-state index in [0.29, 0.717) is 15.5 Å². The molecule has 0 bridgehead atoms. The standard InChI is InChI=1S/C10H7BrCl2N4O2/c11-7-8(14)17(18)10(15)16-9(7)19-6-2-1-4(12)3-5(6)13/h1-3,15,18H,14H2. The number of hydrogen-bond donors (Lipinski definition) is 3. The molecule has 0 aliphatic heterocycles. The first kappa shape index (κ1) is 14.0. The number of benzene rings is 1. The maximum Gasteiger partial charge on any atom is 0.260 e. The van der Waals surface area contributed by atoms with Crippen molar-refractivity contribution < 1.29 is 9.94 Å². The number of nitrogen functional groups attached to an aromatic ring is 1. The summed E-state index contributed by atoms with van der Waals surface area (Å²) in [6.07, 6.45) is 0. The molecule has 0 fully saturated rings. The van der Waals surface area contributed by atoms with E-state index in [4.69, 9.17) is 39.1 Å². The second-order valence-electron chi connectivity index (χ2n) is 3.43. The molecule has 100 valence electrons. The molecule has 0 saturated heterocycles. The van der Waals surface area contributed by atoms with Crippen LogP contribution in [0.4, 0.5) is 5.82 Å². The molecule has 0 radical (unpaired) electrons. The van der Waals surface area contributed by atoms with Gasteiger partial charge in [0.1, 0.15) is 10.2 Å². The monoisotopic (exact) mass is 364 g/mol. The molecule has 0 atom stereocenters. The third kappa shape index (κ3) is 2.78. The van der Waals surface area contributed by atoms with E-state index in [1.807, 2.05) is 0 Å². The lowest BCUT2D eigenvalue weighted by atomic mass is 10.3. The van der Waals surface area contributed by atoms with Gasteiger partial charge in [-0.25, -0.2) is 0 Å². The topological polar surface area (TPSA) is 97.1 Å². The first-order chi connectivity index (χ1) is 8.90. The predicted octanol–water partition coefficient (Wildman–Crippen LogP) is 3.04. The summed E-state index contributed by atoms with van der Waals surface area (Å²) in [7, 11) is 0. The molecule has 1 heterocycles. The Morgan fingerprint density at radius 2 is 2.11 bits per heavy atom. The summed E-state index contributed by atoms with van der Waals surface area (Å²) >= 11 is 14.8. The highest BCUT2D eigenvalue weighted by atomic mass is 79.9. The van der Waals surface area contributed by atoms with E-state index in [1.54, 1.807) is 12.1 Å². The van der Waals surface area contributed by atoms with Gasteiger partial charge < -0.3 is 15.7 Å². The summed E-state index contributed by atoms with van der Waals surface area (Å²) < 4.78 is 6.06. The van der Waals surface area contributed by atoms with E-state index < -0.39 is 5.62 Å².